The van der Waals surface area contributed by atoms with Crippen molar-refractivity contribution in [3.63, 3.8) is 0 Å². The molecule has 7 heteroatoms. The van der Waals surface area contributed by atoms with Gasteiger partial charge in [0, 0.05) is 18.2 Å². The molecule has 0 amide bonds. The van der Waals surface area contributed by atoms with Gasteiger partial charge in [0.25, 0.3) is 5.69 Å². The number of hydrogen-bond donors (Lipinski definition) is 2. The zero-order valence-electron chi connectivity index (χ0n) is 16.5. The highest BCUT2D eigenvalue weighted by Crippen LogP contribution is 2.46. The van der Waals surface area contributed by atoms with E-state index in [0.29, 0.717) is 24.9 Å². The Morgan fingerprint density at radius 2 is 2.00 bits per heavy atom. The lowest BCUT2D eigenvalue weighted by Crippen LogP contribution is -2.66. The lowest BCUT2D eigenvalue weighted by molar-refractivity contribution is -0.387. The largest absolute Gasteiger partial charge is 0.389 e. The lowest BCUT2D eigenvalue weighted by atomic mass is 9.75. The number of benzene rings is 1. The summed E-state index contributed by atoms with van der Waals surface area (Å²) in [5.41, 5.74) is -0.0133. The second-order valence-corrected chi connectivity index (χ2v) is 8.22. The summed E-state index contributed by atoms with van der Waals surface area (Å²) in [6.45, 7) is 6.51. The fraction of sp³-hybridized carbons (Fsp3) is 0.476. The minimum atomic E-state index is -1.05. The predicted molar refractivity (Wildman–Crippen MR) is 105 cm³/mol. The molecule has 2 heterocycles. The number of aliphatic hydroxyl groups is 1. The van der Waals surface area contributed by atoms with E-state index in [1.807, 2.05) is 51.1 Å². The third-order valence-corrected chi connectivity index (χ3v) is 5.39. The van der Waals surface area contributed by atoms with E-state index in [4.69, 9.17) is 4.74 Å². The van der Waals surface area contributed by atoms with Gasteiger partial charge >= 0.3 is 0 Å². The van der Waals surface area contributed by atoms with Crippen molar-refractivity contribution >= 4 is 5.69 Å². The Labute approximate surface area is 164 Å². The first-order chi connectivity index (χ1) is 13.2. The van der Waals surface area contributed by atoms with Crippen molar-refractivity contribution in [1.82, 2.24) is 10.3 Å². The van der Waals surface area contributed by atoms with Crippen LogP contribution < -0.4 is 5.32 Å². The summed E-state index contributed by atoms with van der Waals surface area (Å²) in [5, 5.41) is 25.8. The molecule has 2 N–H and O–H groups in total. The first-order valence-electron chi connectivity index (χ1n) is 9.48. The molecule has 3 atom stereocenters. The maximum Gasteiger partial charge on any atom is 0.293 e. The van der Waals surface area contributed by atoms with Crippen LogP contribution in [0.15, 0.2) is 48.8 Å². The third kappa shape index (κ3) is 3.92. The Morgan fingerprint density at radius 1 is 1.29 bits per heavy atom. The maximum atomic E-state index is 11.4. The Morgan fingerprint density at radius 3 is 2.64 bits per heavy atom. The van der Waals surface area contributed by atoms with Gasteiger partial charge in [-0.15, -0.1) is 0 Å². The molecule has 0 saturated carbocycles. The molecule has 0 spiro atoms. The summed E-state index contributed by atoms with van der Waals surface area (Å²) in [7, 11) is 0. The van der Waals surface area contributed by atoms with E-state index < -0.39 is 28.3 Å². The van der Waals surface area contributed by atoms with Gasteiger partial charge in [0.15, 0.2) is 5.72 Å². The molecule has 0 radical (unpaired) electrons. The van der Waals surface area contributed by atoms with Gasteiger partial charge in [-0.1, -0.05) is 51.1 Å². The van der Waals surface area contributed by atoms with Gasteiger partial charge in [-0.05, 0) is 24.5 Å². The highest BCUT2D eigenvalue weighted by molar-refractivity contribution is 5.39. The summed E-state index contributed by atoms with van der Waals surface area (Å²) in [5.74, 6) is 0. The minimum absolute atomic E-state index is 0.0604. The molecule has 1 fully saturated rings. The quantitative estimate of drug-likeness (QED) is 0.601. The maximum absolute atomic E-state index is 11.4. The molecule has 2 aromatic rings. The summed E-state index contributed by atoms with van der Waals surface area (Å²) in [6, 6.07) is 11.5. The van der Waals surface area contributed by atoms with E-state index in [1.54, 1.807) is 6.07 Å². The average Bonchev–Trinajstić information content (AvgIpc) is 2.67. The fourth-order valence-corrected chi connectivity index (χ4v) is 3.85. The number of aromatic nitrogens is 1. The van der Waals surface area contributed by atoms with Gasteiger partial charge in [0.05, 0.1) is 22.7 Å². The van der Waals surface area contributed by atoms with Crippen LogP contribution in [0, 0.1) is 15.5 Å². The second kappa shape index (κ2) is 7.95. The number of hydrogen-bond acceptors (Lipinski definition) is 6. The fourth-order valence-electron chi connectivity index (χ4n) is 3.85. The number of aliphatic hydroxyl groups excluding tert-OH is 1. The molecular formula is C21H27N3O4. The first kappa shape index (κ1) is 20.4. The Balaban J connectivity index is 1.94. The first-order valence-corrected chi connectivity index (χ1v) is 9.48. The molecule has 1 aromatic heterocycles. The zero-order valence-corrected chi connectivity index (χ0v) is 16.5. The number of ether oxygens (including phenoxy) is 1. The molecule has 0 aliphatic carbocycles. The van der Waals surface area contributed by atoms with E-state index in [9.17, 15) is 15.2 Å². The van der Waals surface area contributed by atoms with Crippen LogP contribution in [0.1, 0.15) is 50.8 Å². The van der Waals surface area contributed by atoms with E-state index in [1.165, 1.54) is 12.4 Å². The molecule has 28 heavy (non-hydrogen) atoms. The van der Waals surface area contributed by atoms with Crippen LogP contribution in [0.5, 0.6) is 0 Å². The zero-order chi connectivity index (χ0) is 20.4. The Hall–Kier alpha value is -2.35. The van der Waals surface area contributed by atoms with Crippen LogP contribution in [0.3, 0.4) is 0 Å². The molecule has 1 aliphatic rings. The van der Waals surface area contributed by atoms with E-state index >= 15 is 0 Å². The van der Waals surface area contributed by atoms with Crippen molar-refractivity contribution in [2.24, 2.45) is 5.41 Å². The van der Waals surface area contributed by atoms with Gasteiger partial charge < -0.3 is 9.84 Å². The van der Waals surface area contributed by atoms with Gasteiger partial charge in [0.2, 0.25) is 0 Å². The van der Waals surface area contributed by atoms with Crippen LogP contribution in [0.2, 0.25) is 0 Å². The van der Waals surface area contributed by atoms with Gasteiger partial charge in [-0.3, -0.25) is 20.4 Å². The van der Waals surface area contributed by atoms with Gasteiger partial charge in [0.1, 0.15) is 6.20 Å². The highest BCUT2D eigenvalue weighted by Gasteiger charge is 2.53. The summed E-state index contributed by atoms with van der Waals surface area (Å²) < 4.78 is 6.46. The van der Waals surface area contributed by atoms with Crippen LogP contribution >= 0.6 is 0 Å². The highest BCUT2D eigenvalue weighted by atomic mass is 16.6. The molecule has 3 rings (SSSR count). The number of nitro groups is 1. The van der Waals surface area contributed by atoms with E-state index in [0.717, 1.165) is 5.56 Å². The van der Waals surface area contributed by atoms with Gasteiger partial charge in [-0.25, -0.2) is 0 Å². The summed E-state index contributed by atoms with van der Waals surface area (Å²) in [4.78, 5) is 14.9. The van der Waals surface area contributed by atoms with Crippen molar-refractivity contribution < 1.29 is 14.8 Å². The number of rotatable bonds is 5. The van der Waals surface area contributed by atoms with E-state index in [-0.39, 0.29) is 5.69 Å². The molecular weight excluding hydrogens is 358 g/mol. The normalized spacial score (nSPS) is 25.4. The lowest BCUT2D eigenvalue weighted by Gasteiger charge is -2.52. The van der Waals surface area contributed by atoms with Crippen LogP contribution in [0.4, 0.5) is 5.69 Å². The van der Waals surface area contributed by atoms with Crippen LogP contribution in [0.25, 0.3) is 0 Å². The third-order valence-electron chi connectivity index (χ3n) is 5.39. The monoisotopic (exact) mass is 385 g/mol. The molecule has 7 nitrogen and oxygen atoms in total. The van der Waals surface area contributed by atoms with Gasteiger partial charge in [-0.2, -0.15) is 0 Å². The smallest absolute Gasteiger partial charge is 0.293 e. The molecule has 1 aliphatic heterocycles. The second-order valence-electron chi connectivity index (χ2n) is 8.22. The molecule has 1 aromatic carbocycles. The van der Waals surface area contributed by atoms with E-state index in [2.05, 4.69) is 10.3 Å². The number of nitrogens with zero attached hydrogens (tertiary/aromatic N) is 2. The number of nitrogens with one attached hydrogen (secondary N) is 1. The van der Waals surface area contributed by atoms with Crippen LogP contribution in [-0.2, 0) is 11.3 Å². The Kier molecular flexibility index (Phi) is 5.79. The topological polar surface area (TPSA) is 97.5 Å². The average molecular weight is 385 g/mol. The minimum Gasteiger partial charge on any atom is -0.389 e. The Bertz CT molecular complexity index is 822. The van der Waals surface area contributed by atoms with Crippen LogP contribution in [-0.4, -0.2) is 26.8 Å². The number of pyridine rings is 1. The standard InChI is InChI=1S/C21H27N3O4/c1-20(2,3)21(23-13-15-7-5-4-6-8-15)19(25)10-9-18(28-21)16-11-12-22-14-17(16)24(26)27/h4-8,11-12,14,18-19,23,25H,9-10,13H2,1-3H3. The molecule has 150 valence electrons. The predicted octanol–water partition coefficient (Wildman–Crippen LogP) is 3.73. The molecule has 0 bridgehead atoms. The summed E-state index contributed by atoms with van der Waals surface area (Å²) in [6.07, 6.45) is 2.51. The van der Waals surface area contributed by atoms with Crippen molar-refractivity contribution in [2.75, 3.05) is 0 Å². The van der Waals surface area contributed by atoms with Crippen molar-refractivity contribution in [3.8, 4) is 0 Å². The summed E-state index contributed by atoms with van der Waals surface area (Å²) >= 11 is 0. The SMILES string of the molecule is CC(C)(C)C1(NCc2ccccc2)OC(c2ccncc2[N+](=O)[O-])CCC1O. The van der Waals surface area contributed by atoms with Crippen molar-refractivity contribution in [1.29, 1.82) is 0 Å². The van der Waals surface area contributed by atoms with Crippen molar-refractivity contribution in [3.05, 3.63) is 70.0 Å². The molecule has 3 unspecified atom stereocenters. The van der Waals surface area contributed by atoms with Crippen molar-refractivity contribution in [2.45, 2.75) is 58.1 Å². The molecule has 1 saturated heterocycles.